The molecule has 2 aromatic rings. The van der Waals surface area contributed by atoms with Gasteiger partial charge in [-0.1, -0.05) is 113 Å². The van der Waals surface area contributed by atoms with E-state index < -0.39 is 0 Å². The van der Waals surface area contributed by atoms with Crippen LogP contribution in [0.15, 0.2) is 36.4 Å². The molecule has 4 saturated carbocycles. The molecule has 0 atom stereocenters. The van der Waals surface area contributed by atoms with E-state index in [1.165, 1.54) is 161 Å². The molecule has 0 spiro atoms. The average Bonchev–Trinajstić information content (AvgIpc) is 3.13. The van der Waals surface area contributed by atoms with Crippen LogP contribution < -0.4 is 10.4 Å². The summed E-state index contributed by atoms with van der Waals surface area (Å²) >= 11 is 0. The molecule has 4 nitrogen and oxygen atoms in total. The van der Waals surface area contributed by atoms with E-state index in [1.807, 2.05) is 0 Å². The third-order valence-corrected chi connectivity index (χ3v) is 13.5. The van der Waals surface area contributed by atoms with Crippen molar-refractivity contribution in [1.82, 2.24) is 0 Å². The second-order valence-corrected chi connectivity index (χ2v) is 16.5. The molecule has 0 N–H and O–H groups in total. The monoisotopic (exact) mass is 654 g/mol. The normalized spacial score (nSPS) is 20.8. The van der Waals surface area contributed by atoms with Gasteiger partial charge in [0.25, 0.3) is 11.9 Å². The maximum atomic E-state index is 12.9. The van der Waals surface area contributed by atoms with E-state index in [-0.39, 0.29) is 44.3 Å². The van der Waals surface area contributed by atoms with Crippen molar-refractivity contribution in [2.24, 2.45) is 0 Å². The summed E-state index contributed by atoms with van der Waals surface area (Å²) in [5, 5.41) is 2.42. The van der Waals surface area contributed by atoms with Crippen LogP contribution in [0.5, 0.6) is 0 Å². The molecule has 4 aliphatic rings. The van der Waals surface area contributed by atoms with Gasteiger partial charge in [0.15, 0.2) is 0 Å². The van der Waals surface area contributed by atoms with Crippen molar-refractivity contribution in [3.05, 3.63) is 58.7 Å². The summed E-state index contributed by atoms with van der Waals surface area (Å²) in [6, 6.07) is 13.4. The van der Waals surface area contributed by atoms with Gasteiger partial charge in [-0.3, -0.25) is 9.59 Å². The van der Waals surface area contributed by atoms with Crippen molar-refractivity contribution in [3.8, 4) is 0 Å². The van der Waals surface area contributed by atoms with E-state index in [1.54, 1.807) is 0 Å². The number of benzene rings is 2. The lowest BCUT2D eigenvalue weighted by Crippen LogP contribution is -2.30. The lowest BCUT2D eigenvalue weighted by atomic mass is 9.76. The number of rotatable bonds is 11. The van der Waals surface area contributed by atoms with Gasteiger partial charge in [0.1, 0.15) is 0 Å². The smallest absolute Gasteiger partial charge is 0.355 e. The van der Waals surface area contributed by atoms with Gasteiger partial charge in [0.2, 0.25) is 0 Å². The van der Waals surface area contributed by atoms with Gasteiger partial charge in [-0.05, 0) is 108 Å². The molecule has 46 heavy (non-hydrogen) atoms. The average molecular weight is 655 g/mol. The van der Waals surface area contributed by atoms with Crippen molar-refractivity contribution >= 4 is 41.8 Å². The van der Waals surface area contributed by atoms with E-state index in [2.05, 4.69) is 36.4 Å². The molecule has 0 unspecified atom stereocenters. The van der Waals surface area contributed by atoms with Crippen LogP contribution in [0, 0.1) is 0 Å². The molecule has 0 saturated heterocycles. The topological polar surface area (TPSA) is 52.6 Å². The summed E-state index contributed by atoms with van der Waals surface area (Å²) in [6.07, 6.45) is 26.1. The van der Waals surface area contributed by atoms with E-state index in [0.29, 0.717) is 23.7 Å². The molecular weight excluding hydrogens is 601 g/mol. The molecule has 0 aliphatic heterocycles. The molecule has 2 aromatic carbocycles. The number of hydrogen-bond donors (Lipinski definition) is 0. The van der Waals surface area contributed by atoms with Crippen molar-refractivity contribution in [1.29, 1.82) is 0 Å². The molecular formula is C40H54O4Si2. The molecule has 0 amide bonds. The summed E-state index contributed by atoms with van der Waals surface area (Å²) in [7, 11) is 0.00226. The van der Waals surface area contributed by atoms with Gasteiger partial charge in [-0.15, -0.1) is 0 Å². The Bertz CT molecular complexity index is 1180. The zero-order valence-electron chi connectivity index (χ0n) is 28.0. The van der Waals surface area contributed by atoms with Crippen LogP contribution in [0.2, 0.25) is 0 Å². The molecule has 246 valence electrons. The summed E-state index contributed by atoms with van der Waals surface area (Å²) in [6.45, 7) is 0. The largest absolute Gasteiger partial charge is 0.511 e. The van der Waals surface area contributed by atoms with Gasteiger partial charge < -0.3 is 8.85 Å². The first-order chi connectivity index (χ1) is 22.7. The fourth-order valence-electron chi connectivity index (χ4n) is 9.11. The van der Waals surface area contributed by atoms with Crippen molar-refractivity contribution in [3.63, 3.8) is 0 Å². The maximum absolute atomic E-state index is 12.9. The Kier molecular flexibility index (Phi) is 12.7. The van der Waals surface area contributed by atoms with Gasteiger partial charge in [-0.2, -0.15) is 0 Å². The molecule has 4 fully saturated rings. The zero-order valence-corrected chi connectivity index (χ0v) is 30.0. The van der Waals surface area contributed by atoms with Crippen molar-refractivity contribution in [2.45, 2.75) is 165 Å². The minimum Gasteiger partial charge on any atom is -0.511 e. The molecule has 6 heteroatoms. The van der Waals surface area contributed by atoms with Gasteiger partial charge in [-0.25, -0.2) is 0 Å². The van der Waals surface area contributed by atoms with Gasteiger partial charge in [0, 0.05) is 0 Å². The number of carbonyl (C=O) groups is 2. The van der Waals surface area contributed by atoms with Gasteiger partial charge >= 0.3 is 19.5 Å². The number of hydrogen-bond acceptors (Lipinski definition) is 4. The Morgan fingerprint density at radius 3 is 1.15 bits per heavy atom. The number of carbonyl (C=O) groups excluding carboxylic acids is 2. The second-order valence-electron chi connectivity index (χ2n) is 14.6. The predicted octanol–water partition coefficient (Wildman–Crippen LogP) is 8.93. The molecule has 0 heterocycles. The highest BCUT2D eigenvalue weighted by molar-refractivity contribution is 6.50. The van der Waals surface area contributed by atoms with Crippen molar-refractivity contribution in [2.75, 3.05) is 0 Å². The standard InChI is InChI=1S/C40H54O4Si2/c41-37(43-45-35-25-13-23-33(29-15-5-1-6-16-29)39(35)31-19-9-3-10-20-31)27-28-38(42)44-46-36-26-14-24-34(30-17-7-2-8-18-30)40(36)32-21-11-4-12-22-32/h13-14,23-26,29-32H,1-12,15-22,27-28H2. The summed E-state index contributed by atoms with van der Waals surface area (Å²) in [4.78, 5) is 25.9. The first kappa shape index (κ1) is 33.7. The molecule has 6 rings (SSSR count). The van der Waals surface area contributed by atoms with Crippen LogP contribution in [-0.4, -0.2) is 31.5 Å². The SMILES string of the molecule is O=C(CCC(=O)O[Si]c1cccc(C2CCCCC2)c1C1CCCCC1)O[Si]c1cccc(C2CCCCC2)c1C1CCCCC1. The predicted molar refractivity (Wildman–Crippen MR) is 188 cm³/mol. The van der Waals surface area contributed by atoms with Crippen LogP contribution in [0.25, 0.3) is 0 Å². The van der Waals surface area contributed by atoms with E-state index >= 15 is 0 Å². The van der Waals surface area contributed by atoms with Crippen LogP contribution >= 0.6 is 0 Å². The van der Waals surface area contributed by atoms with Gasteiger partial charge in [0.05, 0.1) is 12.8 Å². The van der Waals surface area contributed by atoms with Crippen LogP contribution in [0.1, 0.15) is 187 Å². The lowest BCUT2D eigenvalue weighted by molar-refractivity contribution is -0.140. The van der Waals surface area contributed by atoms with Crippen molar-refractivity contribution < 1.29 is 18.4 Å². The second kappa shape index (κ2) is 17.3. The Morgan fingerprint density at radius 1 is 0.478 bits per heavy atom. The molecule has 4 radical (unpaired) electrons. The highest BCUT2D eigenvalue weighted by atomic mass is 28.2. The third-order valence-electron chi connectivity index (χ3n) is 11.5. The Morgan fingerprint density at radius 2 is 0.804 bits per heavy atom. The summed E-state index contributed by atoms with van der Waals surface area (Å²) < 4.78 is 11.8. The third kappa shape index (κ3) is 8.83. The summed E-state index contributed by atoms with van der Waals surface area (Å²) in [5.74, 6) is 1.86. The molecule has 0 bridgehead atoms. The first-order valence-corrected chi connectivity index (χ1v) is 20.7. The molecule has 4 aliphatic carbocycles. The first-order valence-electron chi connectivity index (χ1n) is 18.8. The zero-order chi connectivity index (χ0) is 31.6. The highest BCUT2D eigenvalue weighted by Gasteiger charge is 2.29. The summed E-state index contributed by atoms with van der Waals surface area (Å²) in [5.41, 5.74) is 6.03. The maximum Gasteiger partial charge on any atom is 0.355 e. The minimum absolute atomic E-state index is 0.00113. The van der Waals surface area contributed by atoms with E-state index in [9.17, 15) is 9.59 Å². The van der Waals surface area contributed by atoms with E-state index in [0.717, 1.165) is 0 Å². The van der Waals surface area contributed by atoms with Crippen LogP contribution in [0.3, 0.4) is 0 Å². The Labute approximate surface area is 283 Å². The lowest BCUT2D eigenvalue weighted by Gasteiger charge is -2.31. The Hall–Kier alpha value is -2.19. The fourth-order valence-corrected chi connectivity index (χ4v) is 11.0. The molecule has 0 aromatic heterocycles. The van der Waals surface area contributed by atoms with E-state index in [4.69, 9.17) is 8.85 Å². The minimum atomic E-state index is -0.293. The Balaban J connectivity index is 1.05. The van der Waals surface area contributed by atoms with Crippen LogP contribution in [0.4, 0.5) is 0 Å². The van der Waals surface area contributed by atoms with Crippen LogP contribution in [-0.2, 0) is 18.4 Å². The fraction of sp³-hybridized carbons (Fsp3) is 0.650. The highest BCUT2D eigenvalue weighted by Crippen LogP contribution is 2.41. The quantitative estimate of drug-likeness (QED) is 0.227.